The van der Waals surface area contributed by atoms with Crippen molar-refractivity contribution in [3.63, 3.8) is 0 Å². The molecule has 0 bridgehead atoms. The Morgan fingerprint density at radius 1 is 1.38 bits per heavy atom. The van der Waals surface area contributed by atoms with Crippen LogP contribution in [0.2, 0.25) is 5.02 Å². The van der Waals surface area contributed by atoms with Crippen LogP contribution in [0.15, 0.2) is 29.3 Å². The summed E-state index contributed by atoms with van der Waals surface area (Å²) in [5.41, 5.74) is 2.02. The van der Waals surface area contributed by atoms with Gasteiger partial charge in [-0.2, -0.15) is 0 Å². The minimum Gasteiger partial charge on any atom is -0.461 e. The van der Waals surface area contributed by atoms with Crippen molar-refractivity contribution in [2.24, 2.45) is 0 Å². The van der Waals surface area contributed by atoms with E-state index >= 15 is 0 Å². The van der Waals surface area contributed by atoms with Crippen LogP contribution < -0.4 is 0 Å². The quantitative estimate of drug-likeness (QED) is 0.512. The molecule has 0 aliphatic carbocycles. The van der Waals surface area contributed by atoms with Crippen LogP contribution in [0.5, 0.6) is 0 Å². The fourth-order valence-corrected chi connectivity index (χ4v) is 2.74. The second-order valence-electron chi connectivity index (χ2n) is 4.17. The van der Waals surface area contributed by atoms with Gasteiger partial charge in [-0.1, -0.05) is 23.7 Å². The van der Waals surface area contributed by atoms with E-state index in [0.29, 0.717) is 21.2 Å². The molecule has 0 unspecified atom stereocenters. The van der Waals surface area contributed by atoms with Gasteiger partial charge < -0.3 is 9.72 Å². The number of aromatic amines is 1. The molecule has 4 nitrogen and oxygen atoms in total. The van der Waals surface area contributed by atoms with Crippen LogP contribution >= 0.6 is 23.4 Å². The molecule has 0 fully saturated rings. The molecular weight excluding hydrogens is 310 g/mol. The molecule has 1 N–H and O–H groups in total. The molecule has 0 saturated carbocycles. The number of hydrogen-bond donors (Lipinski definition) is 1. The van der Waals surface area contributed by atoms with Gasteiger partial charge in [0.1, 0.15) is 5.69 Å². The fourth-order valence-electron chi connectivity index (χ4n) is 2.04. The molecule has 0 aliphatic rings. The average Bonchev–Trinajstić information content (AvgIpc) is 2.87. The van der Waals surface area contributed by atoms with Crippen molar-refractivity contribution in [1.82, 2.24) is 4.98 Å². The third kappa shape index (κ3) is 3.14. The van der Waals surface area contributed by atoms with E-state index in [4.69, 9.17) is 16.3 Å². The van der Waals surface area contributed by atoms with Gasteiger partial charge in [-0.15, -0.1) is 11.8 Å². The van der Waals surface area contributed by atoms with E-state index in [-0.39, 0.29) is 12.3 Å². The largest absolute Gasteiger partial charge is 0.461 e. The Hall–Kier alpha value is -1.72. The molecule has 2 aromatic rings. The first-order valence-corrected chi connectivity index (χ1v) is 7.90. The van der Waals surface area contributed by atoms with Crippen LogP contribution in [-0.2, 0) is 4.74 Å². The monoisotopic (exact) mass is 323 g/mol. The first-order chi connectivity index (χ1) is 10.1. The number of esters is 1. The second kappa shape index (κ2) is 6.83. The normalized spacial score (nSPS) is 10.4. The summed E-state index contributed by atoms with van der Waals surface area (Å²) >= 11 is 7.25. The number of rotatable bonds is 5. The van der Waals surface area contributed by atoms with E-state index in [1.165, 1.54) is 11.8 Å². The summed E-state index contributed by atoms with van der Waals surface area (Å²) in [7, 11) is 0. The predicted octanol–water partition coefficient (Wildman–Crippen LogP) is 4.05. The Morgan fingerprint density at radius 3 is 2.57 bits per heavy atom. The molecule has 0 atom stereocenters. The van der Waals surface area contributed by atoms with Crippen molar-refractivity contribution in [1.29, 1.82) is 0 Å². The second-order valence-corrected chi connectivity index (χ2v) is 5.42. The number of H-pyrrole nitrogens is 1. The number of aromatic nitrogens is 1. The number of nitrogens with one attached hydrogen (secondary N) is 1. The van der Waals surface area contributed by atoms with E-state index in [1.54, 1.807) is 31.2 Å². The van der Waals surface area contributed by atoms with Crippen molar-refractivity contribution in [2.75, 3.05) is 12.9 Å². The summed E-state index contributed by atoms with van der Waals surface area (Å²) in [4.78, 5) is 26.5. The van der Waals surface area contributed by atoms with Crippen molar-refractivity contribution in [3.8, 4) is 11.1 Å². The number of hydrogen-bond acceptors (Lipinski definition) is 4. The number of thioether (sulfide) groups is 1. The van der Waals surface area contributed by atoms with Crippen LogP contribution in [0, 0.1) is 0 Å². The lowest BCUT2D eigenvalue weighted by molar-refractivity contribution is 0.0520. The average molecular weight is 324 g/mol. The van der Waals surface area contributed by atoms with Crippen LogP contribution in [0.4, 0.5) is 0 Å². The molecule has 2 rings (SSSR count). The third-order valence-electron chi connectivity index (χ3n) is 2.94. The van der Waals surface area contributed by atoms with Gasteiger partial charge in [0.25, 0.3) is 0 Å². The van der Waals surface area contributed by atoms with Crippen LogP contribution in [0.25, 0.3) is 11.1 Å². The summed E-state index contributed by atoms with van der Waals surface area (Å²) < 4.78 is 5.05. The van der Waals surface area contributed by atoms with Crippen LogP contribution in [-0.4, -0.2) is 30.1 Å². The molecule has 1 heterocycles. The Balaban J connectivity index is 2.65. The lowest BCUT2D eigenvalue weighted by Crippen LogP contribution is -2.06. The van der Waals surface area contributed by atoms with Crippen molar-refractivity contribution in [3.05, 3.63) is 40.5 Å². The van der Waals surface area contributed by atoms with Crippen molar-refractivity contribution < 1.29 is 14.3 Å². The van der Waals surface area contributed by atoms with Gasteiger partial charge in [-0.25, -0.2) is 4.79 Å². The topological polar surface area (TPSA) is 59.2 Å². The molecule has 6 heteroatoms. The third-order valence-corrected chi connectivity index (χ3v) is 3.92. The number of carbonyl (C=O) groups excluding carboxylic acids is 2. The number of ether oxygens (including phenoxy) is 1. The van der Waals surface area contributed by atoms with Gasteiger partial charge in [-0.3, -0.25) is 4.79 Å². The fraction of sp³-hybridized carbons (Fsp3) is 0.200. The Kier molecular flexibility index (Phi) is 5.09. The maximum absolute atomic E-state index is 12.1. The van der Waals surface area contributed by atoms with Gasteiger partial charge in [0.2, 0.25) is 0 Å². The summed E-state index contributed by atoms with van der Waals surface area (Å²) in [6.45, 7) is 2.00. The number of carbonyl (C=O) groups is 2. The SMILES string of the molecule is CCOC(=O)c1[nH]c(SC)c(C=O)c1-c1ccc(Cl)cc1. The van der Waals surface area contributed by atoms with E-state index in [0.717, 1.165) is 11.8 Å². The number of aldehydes is 1. The molecule has 110 valence electrons. The van der Waals surface area contributed by atoms with Gasteiger partial charge in [0.05, 0.1) is 17.2 Å². The highest BCUT2D eigenvalue weighted by molar-refractivity contribution is 7.98. The highest BCUT2D eigenvalue weighted by Crippen LogP contribution is 2.34. The zero-order valence-electron chi connectivity index (χ0n) is 11.6. The number of halogens is 1. The summed E-state index contributed by atoms with van der Waals surface area (Å²) in [6.07, 6.45) is 2.58. The first kappa shape index (κ1) is 15.7. The smallest absolute Gasteiger partial charge is 0.355 e. The molecular formula is C15H14ClNO3S. The maximum Gasteiger partial charge on any atom is 0.355 e. The maximum atomic E-state index is 12.1. The molecule has 0 spiro atoms. The Bertz CT molecular complexity index is 664. The van der Waals surface area contributed by atoms with Crippen molar-refractivity contribution in [2.45, 2.75) is 11.9 Å². The molecule has 0 saturated heterocycles. The van der Waals surface area contributed by atoms with Gasteiger partial charge in [0, 0.05) is 10.6 Å². The first-order valence-electron chi connectivity index (χ1n) is 6.30. The molecule has 21 heavy (non-hydrogen) atoms. The Morgan fingerprint density at radius 2 is 2.05 bits per heavy atom. The van der Waals surface area contributed by atoms with Gasteiger partial charge in [-0.05, 0) is 30.9 Å². The minimum atomic E-state index is -0.481. The van der Waals surface area contributed by atoms with Gasteiger partial charge in [0.15, 0.2) is 6.29 Å². The molecule has 0 aliphatic heterocycles. The number of benzene rings is 1. The highest BCUT2D eigenvalue weighted by Gasteiger charge is 2.23. The predicted molar refractivity (Wildman–Crippen MR) is 84.4 cm³/mol. The summed E-state index contributed by atoms with van der Waals surface area (Å²) in [6, 6.07) is 6.97. The van der Waals surface area contributed by atoms with Crippen molar-refractivity contribution >= 4 is 35.6 Å². The minimum absolute atomic E-state index is 0.267. The van der Waals surface area contributed by atoms with Crippen LogP contribution in [0.1, 0.15) is 27.8 Å². The van der Waals surface area contributed by atoms with Crippen LogP contribution in [0.3, 0.4) is 0 Å². The van der Waals surface area contributed by atoms with E-state index in [2.05, 4.69) is 4.98 Å². The molecule has 0 radical (unpaired) electrons. The molecule has 1 aromatic carbocycles. The highest BCUT2D eigenvalue weighted by atomic mass is 35.5. The Labute approximate surface area is 131 Å². The lowest BCUT2D eigenvalue weighted by Gasteiger charge is -2.05. The standard InChI is InChI=1S/C15H14ClNO3S/c1-3-20-15(19)13-12(9-4-6-10(16)7-5-9)11(8-18)14(17-13)21-2/h4-8,17H,3H2,1-2H3. The summed E-state index contributed by atoms with van der Waals surface area (Å²) in [5.74, 6) is -0.481. The molecule has 1 aromatic heterocycles. The lowest BCUT2D eigenvalue weighted by atomic mass is 10.0. The van der Waals surface area contributed by atoms with E-state index in [1.807, 2.05) is 6.26 Å². The zero-order valence-corrected chi connectivity index (χ0v) is 13.2. The van der Waals surface area contributed by atoms with E-state index < -0.39 is 5.97 Å². The van der Waals surface area contributed by atoms with Gasteiger partial charge >= 0.3 is 5.97 Å². The van der Waals surface area contributed by atoms with E-state index in [9.17, 15) is 9.59 Å². The molecule has 0 amide bonds. The zero-order chi connectivity index (χ0) is 15.4. The summed E-state index contributed by atoms with van der Waals surface area (Å²) in [5, 5.41) is 1.22.